The third kappa shape index (κ3) is 6.07. The Morgan fingerprint density at radius 2 is 1.65 bits per heavy atom. The Kier molecular flexibility index (Phi) is 6.55. The van der Waals surface area contributed by atoms with Crippen LogP contribution in [-0.2, 0) is 16.1 Å². The lowest BCUT2D eigenvalue weighted by molar-refractivity contribution is -0.146. The van der Waals surface area contributed by atoms with Gasteiger partial charge in [0.2, 0.25) is 0 Å². The van der Waals surface area contributed by atoms with Crippen LogP contribution in [0.4, 0.5) is 0 Å². The second-order valence-corrected chi connectivity index (χ2v) is 5.93. The van der Waals surface area contributed by atoms with Gasteiger partial charge >= 0.3 is 5.97 Å². The minimum Gasteiger partial charge on any atom is -0.459 e. The predicted molar refractivity (Wildman–Crippen MR) is 93.5 cm³/mol. The molecule has 0 aliphatic rings. The summed E-state index contributed by atoms with van der Waals surface area (Å²) in [5, 5.41) is 0. The van der Waals surface area contributed by atoms with Gasteiger partial charge in [0, 0.05) is 6.21 Å². The van der Waals surface area contributed by atoms with Gasteiger partial charge in [-0.05, 0) is 23.5 Å². The van der Waals surface area contributed by atoms with Crippen molar-refractivity contribution in [2.45, 2.75) is 32.9 Å². The highest BCUT2D eigenvalue weighted by atomic mass is 16.5. The average Bonchev–Trinajstić information content (AvgIpc) is 2.58. The van der Waals surface area contributed by atoms with Gasteiger partial charge in [-0.3, -0.25) is 4.99 Å². The Balaban J connectivity index is 1.99. The number of carbonyl (C=O) groups is 1. The molecule has 3 heteroatoms. The molecule has 2 rings (SSSR count). The number of rotatable bonds is 7. The first-order valence-electron chi connectivity index (χ1n) is 7.94. The molecule has 0 heterocycles. The van der Waals surface area contributed by atoms with Gasteiger partial charge in [-0.1, -0.05) is 74.5 Å². The van der Waals surface area contributed by atoms with Crippen LogP contribution in [0.2, 0.25) is 0 Å². The number of ether oxygens (including phenoxy) is 1. The van der Waals surface area contributed by atoms with Crippen molar-refractivity contribution in [1.82, 2.24) is 0 Å². The molecule has 0 saturated carbocycles. The normalized spacial score (nSPS) is 12.5. The first-order chi connectivity index (χ1) is 11.1. The molecule has 3 nitrogen and oxygen atoms in total. The molecule has 0 bridgehead atoms. The van der Waals surface area contributed by atoms with Crippen LogP contribution in [0.25, 0.3) is 0 Å². The minimum atomic E-state index is -0.459. The van der Waals surface area contributed by atoms with Crippen LogP contribution >= 0.6 is 0 Å². The molecule has 0 fully saturated rings. The Labute approximate surface area is 138 Å². The van der Waals surface area contributed by atoms with E-state index in [0.29, 0.717) is 12.3 Å². The van der Waals surface area contributed by atoms with Crippen LogP contribution in [0.3, 0.4) is 0 Å². The van der Waals surface area contributed by atoms with Crippen LogP contribution < -0.4 is 0 Å². The van der Waals surface area contributed by atoms with Crippen molar-refractivity contribution in [2.75, 3.05) is 0 Å². The van der Waals surface area contributed by atoms with Gasteiger partial charge < -0.3 is 4.74 Å². The number of carbonyl (C=O) groups excluding carboxylic acids is 1. The van der Waals surface area contributed by atoms with Crippen LogP contribution in [0.1, 0.15) is 31.4 Å². The molecule has 0 aliphatic heterocycles. The smallest absolute Gasteiger partial charge is 0.331 e. The Morgan fingerprint density at radius 1 is 1.04 bits per heavy atom. The van der Waals surface area contributed by atoms with Crippen molar-refractivity contribution < 1.29 is 9.53 Å². The van der Waals surface area contributed by atoms with Crippen molar-refractivity contribution in [3.8, 4) is 0 Å². The molecule has 0 radical (unpaired) electrons. The highest BCUT2D eigenvalue weighted by Crippen LogP contribution is 2.12. The van der Waals surface area contributed by atoms with Crippen LogP contribution in [0, 0.1) is 5.92 Å². The average molecular weight is 309 g/mol. The van der Waals surface area contributed by atoms with E-state index in [1.807, 2.05) is 60.7 Å². The second kappa shape index (κ2) is 8.89. The topological polar surface area (TPSA) is 38.7 Å². The second-order valence-electron chi connectivity index (χ2n) is 5.93. The number of aliphatic imine (C=N–C) groups is 1. The van der Waals surface area contributed by atoms with Gasteiger partial charge in [-0.25, -0.2) is 4.79 Å². The molecule has 120 valence electrons. The molecule has 0 N–H and O–H groups in total. The molecular weight excluding hydrogens is 286 g/mol. The lowest BCUT2D eigenvalue weighted by Crippen LogP contribution is -2.23. The zero-order valence-electron chi connectivity index (χ0n) is 13.7. The fourth-order valence-corrected chi connectivity index (χ4v) is 2.20. The first-order valence-corrected chi connectivity index (χ1v) is 7.94. The summed E-state index contributed by atoms with van der Waals surface area (Å²) >= 11 is 0. The van der Waals surface area contributed by atoms with E-state index in [1.54, 1.807) is 6.21 Å². The molecule has 0 aliphatic carbocycles. The molecular formula is C20H23NO2. The fourth-order valence-electron chi connectivity index (χ4n) is 2.20. The first kappa shape index (κ1) is 16.9. The zero-order chi connectivity index (χ0) is 16.5. The van der Waals surface area contributed by atoms with E-state index in [2.05, 4.69) is 18.8 Å². The molecule has 0 spiro atoms. The molecule has 2 aromatic carbocycles. The van der Waals surface area contributed by atoms with E-state index in [-0.39, 0.29) is 12.6 Å². The van der Waals surface area contributed by atoms with Crippen LogP contribution in [0.5, 0.6) is 0 Å². The van der Waals surface area contributed by atoms with E-state index in [9.17, 15) is 4.79 Å². The van der Waals surface area contributed by atoms with Crippen molar-refractivity contribution >= 4 is 12.2 Å². The monoisotopic (exact) mass is 309 g/mol. The number of hydrogen-bond acceptors (Lipinski definition) is 3. The highest BCUT2D eigenvalue weighted by molar-refractivity contribution is 5.84. The summed E-state index contributed by atoms with van der Waals surface area (Å²) < 4.78 is 5.43. The molecule has 1 unspecified atom stereocenters. The maximum absolute atomic E-state index is 12.3. The van der Waals surface area contributed by atoms with Crippen molar-refractivity contribution in [2.24, 2.45) is 10.9 Å². The fraction of sp³-hybridized carbons (Fsp3) is 0.300. The maximum Gasteiger partial charge on any atom is 0.331 e. The van der Waals surface area contributed by atoms with Gasteiger partial charge in [0.25, 0.3) is 0 Å². The molecule has 0 saturated heterocycles. The minimum absolute atomic E-state index is 0.269. The summed E-state index contributed by atoms with van der Waals surface area (Å²) in [6.45, 7) is 4.44. The number of nitrogens with zero attached hydrogens (tertiary/aromatic N) is 1. The molecule has 0 amide bonds. The summed E-state index contributed by atoms with van der Waals surface area (Å²) in [6, 6.07) is 19.0. The highest BCUT2D eigenvalue weighted by Gasteiger charge is 2.20. The van der Waals surface area contributed by atoms with Gasteiger partial charge in [0.15, 0.2) is 0 Å². The summed E-state index contributed by atoms with van der Waals surface area (Å²) in [6.07, 6.45) is 2.42. The maximum atomic E-state index is 12.3. The third-order valence-electron chi connectivity index (χ3n) is 3.39. The lowest BCUT2D eigenvalue weighted by Gasteiger charge is -2.14. The van der Waals surface area contributed by atoms with E-state index in [0.717, 1.165) is 11.1 Å². The quantitative estimate of drug-likeness (QED) is 0.566. The van der Waals surface area contributed by atoms with Gasteiger partial charge in [0.05, 0.1) is 0 Å². The third-order valence-corrected chi connectivity index (χ3v) is 3.39. The number of benzene rings is 2. The van der Waals surface area contributed by atoms with Crippen LogP contribution in [0.15, 0.2) is 65.7 Å². The summed E-state index contributed by atoms with van der Waals surface area (Å²) in [5.74, 6) is 0.104. The van der Waals surface area contributed by atoms with E-state index in [4.69, 9.17) is 4.74 Å². The summed E-state index contributed by atoms with van der Waals surface area (Å²) in [4.78, 5) is 16.8. The largest absolute Gasteiger partial charge is 0.459 e. The molecule has 2 aromatic rings. The van der Waals surface area contributed by atoms with E-state index >= 15 is 0 Å². The van der Waals surface area contributed by atoms with Crippen molar-refractivity contribution in [1.29, 1.82) is 0 Å². The van der Waals surface area contributed by atoms with Gasteiger partial charge in [-0.15, -0.1) is 0 Å². The zero-order valence-corrected chi connectivity index (χ0v) is 13.7. The molecule has 1 atom stereocenters. The summed E-state index contributed by atoms with van der Waals surface area (Å²) in [7, 11) is 0. The predicted octanol–water partition coefficient (Wildman–Crippen LogP) is 4.26. The van der Waals surface area contributed by atoms with E-state index in [1.165, 1.54) is 0 Å². The van der Waals surface area contributed by atoms with Crippen molar-refractivity contribution in [3.63, 3.8) is 0 Å². The Morgan fingerprint density at radius 3 is 2.26 bits per heavy atom. The number of hydrogen-bond donors (Lipinski definition) is 0. The SMILES string of the molecule is CC(C)CC(N=Cc1ccccc1)C(=O)OCc1ccccc1. The Hall–Kier alpha value is -2.42. The van der Waals surface area contributed by atoms with Gasteiger partial charge in [0.1, 0.15) is 12.6 Å². The van der Waals surface area contributed by atoms with Crippen LogP contribution in [-0.4, -0.2) is 18.2 Å². The lowest BCUT2D eigenvalue weighted by atomic mass is 10.0. The number of esters is 1. The van der Waals surface area contributed by atoms with Crippen molar-refractivity contribution in [3.05, 3.63) is 71.8 Å². The van der Waals surface area contributed by atoms with Gasteiger partial charge in [-0.2, -0.15) is 0 Å². The molecule has 0 aromatic heterocycles. The Bertz CT molecular complexity index is 621. The van der Waals surface area contributed by atoms with E-state index < -0.39 is 6.04 Å². The summed E-state index contributed by atoms with van der Waals surface area (Å²) in [5.41, 5.74) is 1.97. The standard InChI is InChI=1S/C20H23NO2/c1-16(2)13-19(21-14-17-9-5-3-6-10-17)20(22)23-15-18-11-7-4-8-12-18/h3-12,14,16,19H,13,15H2,1-2H3. The molecule has 23 heavy (non-hydrogen) atoms.